The van der Waals surface area contributed by atoms with E-state index in [1.165, 1.54) is 11.5 Å². The van der Waals surface area contributed by atoms with Crippen molar-refractivity contribution < 1.29 is 9.53 Å². The Bertz CT molecular complexity index is 660. The lowest BCUT2D eigenvalue weighted by atomic mass is 10.2. The Kier molecular flexibility index (Phi) is 3.90. The molecule has 2 heterocycles. The summed E-state index contributed by atoms with van der Waals surface area (Å²) in [4.78, 5) is 18.6. The summed E-state index contributed by atoms with van der Waals surface area (Å²) in [6.07, 6.45) is 0. The van der Waals surface area contributed by atoms with Crippen molar-refractivity contribution in [2.75, 3.05) is 26.3 Å². The minimum Gasteiger partial charge on any atom is -0.378 e. The fourth-order valence-electron chi connectivity index (χ4n) is 2.06. The van der Waals surface area contributed by atoms with E-state index in [0.29, 0.717) is 36.1 Å². The van der Waals surface area contributed by atoms with Gasteiger partial charge in [0.15, 0.2) is 9.78 Å². The number of rotatable bonds is 1. The first-order chi connectivity index (χ1) is 9.75. The highest BCUT2D eigenvalue weighted by Crippen LogP contribution is 2.21. The fraction of sp³-hybridized carbons (Fsp3) is 0.308. The van der Waals surface area contributed by atoms with Crippen molar-refractivity contribution in [2.24, 2.45) is 0 Å². The van der Waals surface area contributed by atoms with Crippen molar-refractivity contribution in [1.82, 2.24) is 13.8 Å². The van der Waals surface area contributed by atoms with Crippen LogP contribution in [0.25, 0.3) is 11.4 Å². The summed E-state index contributed by atoms with van der Waals surface area (Å²) in [5.74, 6) is 0.608. The van der Waals surface area contributed by atoms with Crippen LogP contribution >= 0.6 is 23.8 Å². The van der Waals surface area contributed by atoms with Gasteiger partial charge in [-0.3, -0.25) is 0 Å². The summed E-state index contributed by atoms with van der Waals surface area (Å²) >= 11 is 6.33. The number of aromatic nitrogens is 2. The van der Waals surface area contributed by atoms with Crippen molar-refractivity contribution in [3.05, 3.63) is 34.3 Å². The van der Waals surface area contributed by atoms with Gasteiger partial charge in [0, 0.05) is 18.7 Å². The Morgan fingerprint density at radius 1 is 1.25 bits per heavy atom. The SMILES string of the molecule is O=C(N1CCOCC1)n1sc(=S)nc1-c1ccccc1. The van der Waals surface area contributed by atoms with Gasteiger partial charge in [0.1, 0.15) is 0 Å². The molecule has 0 radical (unpaired) electrons. The quantitative estimate of drug-likeness (QED) is 0.760. The average molecular weight is 307 g/mol. The normalized spacial score (nSPS) is 15.3. The molecule has 104 valence electrons. The van der Waals surface area contributed by atoms with Gasteiger partial charge in [0.25, 0.3) is 0 Å². The fourth-order valence-corrected chi connectivity index (χ4v) is 3.08. The van der Waals surface area contributed by atoms with Gasteiger partial charge in [-0.05, 0) is 23.8 Å². The van der Waals surface area contributed by atoms with E-state index in [1.807, 2.05) is 30.3 Å². The highest BCUT2D eigenvalue weighted by Gasteiger charge is 2.22. The van der Waals surface area contributed by atoms with Gasteiger partial charge in [0.05, 0.1) is 13.2 Å². The maximum atomic E-state index is 12.6. The first-order valence-corrected chi connectivity index (χ1v) is 7.47. The van der Waals surface area contributed by atoms with Crippen LogP contribution in [0.5, 0.6) is 0 Å². The third-order valence-corrected chi connectivity index (χ3v) is 4.12. The van der Waals surface area contributed by atoms with Crippen LogP contribution in [0.2, 0.25) is 0 Å². The maximum absolute atomic E-state index is 12.6. The molecule has 1 amide bonds. The second-order valence-corrected chi connectivity index (χ2v) is 5.91. The Labute approximate surface area is 125 Å². The predicted octanol–water partition coefficient (Wildman–Crippen LogP) is 2.64. The number of carbonyl (C=O) groups excluding carboxylic acids is 1. The standard InChI is InChI=1S/C13H13N3O2S2/c17-13(15-6-8-18-9-7-15)16-11(14-12(19)20-16)10-4-2-1-3-5-10/h1-5H,6-9H2. The van der Waals surface area contributed by atoms with Crippen LogP contribution in [-0.4, -0.2) is 46.2 Å². The zero-order valence-electron chi connectivity index (χ0n) is 10.7. The highest BCUT2D eigenvalue weighted by atomic mass is 32.2. The van der Waals surface area contributed by atoms with Gasteiger partial charge < -0.3 is 9.64 Å². The van der Waals surface area contributed by atoms with Crippen LogP contribution in [0.1, 0.15) is 0 Å². The van der Waals surface area contributed by atoms with Crippen molar-refractivity contribution in [1.29, 1.82) is 0 Å². The summed E-state index contributed by atoms with van der Waals surface area (Å²) in [5, 5.41) is 0. The van der Waals surface area contributed by atoms with Gasteiger partial charge in [-0.1, -0.05) is 30.3 Å². The number of benzene rings is 1. The smallest absolute Gasteiger partial charge is 0.339 e. The summed E-state index contributed by atoms with van der Waals surface area (Å²) in [5.41, 5.74) is 0.890. The van der Waals surface area contributed by atoms with Gasteiger partial charge in [-0.15, -0.1) is 0 Å². The van der Waals surface area contributed by atoms with Crippen LogP contribution < -0.4 is 0 Å². The number of amides is 1. The van der Waals surface area contributed by atoms with Crippen LogP contribution in [0.4, 0.5) is 4.79 Å². The molecule has 7 heteroatoms. The first kappa shape index (κ1) is 13.4. The molecule has 3 rings (SSSR count). The minimum absolute atomic E-state index is 0.0826. The minimum atomic E-state index is -0.0826. The lowest BCUT2D eigenvalue weighted by molar-refractivity contribution is 0.0541. The molecular weight excluding hydrogens is 294 g/mol. The number of ether oxygens (including phenoxy) is 1. The van der Waals surface area contributed by atoms with Gasteiger partial charge >= 0.3 is 6.03 Å². The molecule has 1 aliphatic rings. The molecule has 1 aromatic carbocycles. The Morgan fingerprint density at radius 2 is 1.95 bits per heavy atom. The molecule has 0 saturated carbocycles. The molecule has 0 aliphatic carbocycles. The zero-order valence-corrected chi connectivity index (χ0v) is 12.3. The van der Waals surface area contributed by atoms with E-state index in [4.69, 9.17) is 17.0 Å². The van der Waals surface area contributed by atoms with Crippen LogP contribution in [0, 0.1) is 3.95 Å². The molecule has 5 nitrogen and oxygen atoms in total. The van der Waals surface area contributed by atoms with Crippen LogP contribution in [-0.2, 0) is 4.74 Å². The van der Waals surface area contributed by atoms with E-state index < -0.39 is 0 Å². The summed E-state index contributed by atoms with van der Waals surface area (Å²) in [6.45, 7) is 2.36. The largest absolute Gasteiger partial charge is 0.378 e. The predicted molar refractivity (Wildman–Crippen MR) is 79.6 cm³/mol. The van der Waals surface area contributed by atoms with Gasteiger partial charge in [-0.2, -0.15) is 3.96 Å². The van der Waals surface area contributed by atoms with E-state index in [9.17, 15) is 4.79 Å². The Hall–Kier alpha value is -1.57. The molecule has 0 unspecified atom stereocenters. The van der Waals surface area contributed by atoms with Crippen molar-refractivity contribution in [3.8, 4) is 11.4 Å². The second-order valence-electron chi connectivity index (χ2n) is 4.34. The number of nitrogens with zero attached hydrogens (tertiary/aromatic N) is 3. The third-order valence-electron chi connectivity index (χ3n) is 3.05. The molecule has 20 heavy (non-hydrogen) atoms. The summed E-state index contributed by atoms with van der Waals surface area (Å²) in [7, 11) is 0. The molecule has 0 N–H and O–H groups in total. The van der Waals surface area contributed by atoms with E-state index in [-0.39, 0.29) is 6.03 Å². The number of hydrogen-bond donors (Lipinski definition) is 0. The van der Waals surface area contributed by atoms with Crippen molar-refractivity contribution >= 4 is 29.8 Å². The van der Waals surface area contributed by atoms with E-state index in [2.05, 4.69) is 4.98 Å². The second kappa shape index (κ2) is 5.82. The number of hydrogen-bond acceptors (Lipinski definition) is 5. The van der Waals surface area contributed by atoms with E-state index in [1.54, 1.807) is 8.86 Å². The highest BCUT2D eigenvalue weighted by molar-refractivity contribution is 7.73. The first-order valence-electron chi connectivity index (χ1n) is 6.28. The van der Waals surface area contributed by atoms with E-state index >= 15 is 0 Å². The summed E-state index contributed by atoms with van der Waals surface area (Å²) < 4.78 is 7.31. The molecular formula is C13H13N3O2S2. The molecule has 1 aliphatic heterocycles. The Morgan fingerprint density at radius 3 is 2.65 bits per heavy atom. The number of morpholine rings is 1. The lowest BCUT2D eigenvalue weighted by Crippen LogP contribution is -2.42. The molecule has 0 atom stereocenters. The topological polar surface area (TPSA) is 47.4 Å². The average Bonchev–Trinajstić information content (AvgIpc) is 2.90. The molecule has 0 bridgehead atoms. The molecule has 0 spiro atoms. The van der Waals surface area contributed by atoms with Crippen molar-refractivity contribution in [3.63, 3.8) is 0 Å². The third kappa shape index (κ3) is 2.65. The molecule has 1 fully saturated rings. The van der Waals surface area contributed by atoms with E-state index in [0.717, 1.165) is 5.56 Å². The zero-order chi connectivity index (χ0) is 13.9. The van der Waals surface area contributed by atoms with Gasteiger partial charge in [0.2, 0.25) is 0 Å². The number of carbonyl (C=O) groups is 1. The Balaban J connectivity index is 1.97. The van der Waals surface area contributed by atoms with Crippen LogP contribution in [0.15, 0.2) is 30.3 Å². The maximum Gasteiger partial charge on any atom is 0.339 e. The summed E-state index contributed by atoms with van der Waals surface area (Å²) in [6, 6.07) is 9.53. The molecule has 1 saturated heterocycles. The molecule has 1 aromatic heterocycles. The van der Waals surface area contributed by atoms with Crippen LogP contribution in [0.3, 0.4) is 0 Å². The molecule has 2 aromatic rings. The monoisotopic (exact) mass is 307 g/mol. The van der Waals surface area contributed by atoms with Gasteiger partial charge in [-0.25, -0.2) is 9.78 Å². The lowest BCUT2D eigenvalue weighted by Gasteiger charge is -2.26. The van der Waals surface area contributed by atoms with Crippen molar-refractivity contribution in [2.45, 2.75) is 0 Å².